The minimum Gasteiger partial charge on any atom is -0.403 e. The first-order chi connectivity index (χ1) is 11.3. The normalized spacial score (nSPS) is 28.2. The van der Waals surface area contributed by atoms with Crippen molar-refractivity contribution in [3.05, 3.63) is 34.4 Å². The van der Waals surface area contributed by atoms with E-state index in [0.717, 1.165) is 47.7 Å². The zero-order valence-electron chi connectivity index (χ0n) is 15.7. The number of carbonyl (C=O) groups excluding carboxylic acids is 1. The van der Waals surface area contributed by atoms with Crippen LogP contribution >= 0.6 is 0 Å². The second-order valence-electron chi connectivity index (χ2n) is 7.72. The zero-order chi connectivity index (χ0) is 17.8. The Kier molecular flexibility index (Phi) is 4.30. The average molecular weight is 347 g/mol. The van der Waals surface area contributed by atoms with Crippen LogP contribution in [0, 0.1) is 5.41 Å². The maximum Gasteiger partial charge on any atom is 0.194 e. The molecular formula is C20H30O3Si. The average Bonchev–Trinajstić information content (AvgIpc) is 3.31. The summed E-state index contributed by atoms with van der Waals surface area (Å²) in [5.74, 6) is 0.132. The van der Waals surface area contributed by atoms with E-state index in [0.29, 0.717) is 0 Å². The van der Waals surface area contributed by atoms with Gasteiger partial charge in [-0.05, 0) is 56.0 Å². The number of hydrogen-bond acceptors (Lipinski definition) is 3. The Morgan fingerprint density at radius 2 is 1.75 bits per heavy atom. The molecule has 3 nitrogen and oxygen atoms in total. The molecule has 0 amide bonds. The SMILES string of the molecule is CC[Si](CC)(CC)O[C@@]1(C)C(=O)C2=CC=C(CO)C2=C(C)C12CC2. The van der Waals surface area contributed by atoms with E-state index in [1.165, 1.54) is 5.57 Å². The van der Waals surface area contributed by atoms with Crippen LogP contribution in [0.15, 0.2) is 34.4 Å². The van der Waals surface area contributed by atoms with Crippen molar-refractivity contribution in [2.45, 2.75) is 71.2 Å². The predicted octanol–water partition coefficient (Wildman–Crippen LogP) is 4.31. The van der Waals surface area contributed by atoms with E-state index < -0.39 is 13.9 Å². The first-order valence-electron chi connectivity index (χ1n) is 9.33. The maximum atomic E-state index is 13.5. The summed E-state index contributed by atoms with van der Waals surface area (Å²) in [6, 6.07) is 3.15. The molecule has 3 aliphatic rings. The standard InChI is InChI=1S/C20H30O3Si/c1-6-24(7-2,8-3)23-19(5)18(22)16-10-9-15(13-21)17(16)14(4)20(19)11-12-20/h9-10,21H,6-8,11-13H2,1-5H3/t19-/m0/s1. The van der Waals surface area contributed by atoms with E-state index in [1.807, 2.05) is 19.1 Å². The third-order valence-corrected chi connectivity index (χ3v) is 11.7. The Labute approximate surface area is 146 Å². The van der Waals surface area contributed by atoms with Crippen LogP contribution in [0.2, 0.25) is 18.1 Å². The van der Waals surface area contributed by atoms with Crippen molar-refractivity contribution in [3.63, 3.8) is 0 Å². The molecule has 0 aromatic heterocycles. The molecular weight excluding hydrogens is 316 g/mol. The smallest absolute Gasteiger partial charge is 0.194 e. The molecule has 0 bridgehead atoms. The van der Waals surface area contributed by atoms with Crippen LogP contribution in [-0.4, -0.2) is 31.4 Å². The van der Waals surface area contributed by atoms with E-state index in [-0.39, 0.29) is 17.8 Å². The molecule has 0 aliphatic heterocycles. The highest BCUT2D eigenvalue weighted by Gasteiger charge is 2.67. The van der Waals surface area contributed by atoms with Crippen molar-refractivity contribution >= 4 is 14.1 Å². The second kappa shape index (κ2) is 5.79. The quantitative estimate of drug-likeness (QED) is 0.729. The highest BCUT2D eigenvalue weighted by molar-refractivity contribution is 6.73. The fourth-order valence-electron chi connectivity index (χ4n) is 4.88. The highest BCUT2D eigenvalue weighted by Crippen LogP contribution is 2.66. The lowest BCUT2D eigenvalue weighted by Crippen LogP contribution is -2.57. The summed E-state index contributed by atoms with van der Waals surface area (Å²) in [7, 11) is -1.90. The zero-order valence-corrected chi connectivity index (χ0v) is 16.7. The summed E-state index contributed by atoms with van der Waals surface area (Å²) in [6.45, 7) is 10.8. The number of carbonyl (C=O) groups is 1. The molecule has 3 aliphatic carbocycles. The van der Waals surface area contributed by atoms with Gasteiger partial charge in [-0.3, -0.25) is 4.79 Å². The molecule has 1 N–H and O–H groups in total. The van der Waals surface area contributed by atoms with Gasteiger partial charge >= 0.3 is 0 Å². The van der Waals surface area contributed by atoms with Crippen LogP contribution in [0.1, 0.15) is 47.5 Å². The van der Waals surface area contributed by atoms with Crippen molar-refractivity contribution in [2.75, 3.05) is 6.61 Å². The van der Waals surface area contributed by atoms with Crippen molar-refractivity contribution in [1.29, 1.82) is 0 Å². The number of allylic oxidation sites excluding steroid dienone is 2. The van der Waals surface area contributed by atoms with Crippen LogP contribution in [0.3, 0.4) is 0 Å². The molecule has 1 atom stereocenters. The first kappa shape index (κ1) is 17.8. The molecule has 3 rings (SSSR count). The minimum atomic E-state index is -1.90. The number of rotatable bonds is 6. The lowest BCUT2D eigenvalue weighted by Gasteiger charge is -2.48. The van der Waals surface area contributed by atoms with Gasteiger partial charge < -0.3 is 9.53 Å². The summed E-state index contributed by atoms with van der Waals surface area (Å²) < 4.78 is 6.88. The summed E-state index contributed by atoms with van der Waals surface area (Å²) >= 11 is 0. The number of Topliss-reactive ketones (excluding diaryl/α,β-unsaturated/α-hetero) is 1. The van der Waals surface area contributed by atoms with Gasteiger partial charge in [0.15, 0.2) is 14.1 Å². The van der Waals surface area contributed by atoms with Gasteiger partial charge in [-0.15, -0.1) is 0 Å². The van der Waals surface area contributed by atoms with Gasteiger partial charge in [0.1, 0.15) is 5.60 Å². The molecule has 0 aromatic carbocycles. The van der Waals surface area contributed by atoms with Gasteiger partial charge in [0.25, 0.3) is 0 Å². The van der Waals surface area contributed by atoms with Crippen LogP contribution < -0.4 is 0 Å². The second-order valence-corrected chi connectivity index (χ2v) is 12.4. The topological polar surface area (TPSA) is 46.5 Å². The maximum absolute atomic E-state index is 13.5. The predicted molar refractivity (Wildman–Crippen MR) is 99.3 cm³/mol. The molecule has 0 radical (unpaired) electrons. The molecule has 0 saturated heterocycles. The van der Waals surface area contributed by atoms with Gasteiger partial charge in [-0.1, -0.05) is 38.5 Å². The van der Waals surface area contributed by atoms with Gasteiger partial charge in [0.05, 0.1) is 6.61 Å². The van der Waals surface area contributed by atoms with Gasteiger partial charge in [-0.25, -0.2) is 0 Å². The Morgan fingerprint density at radius 3 is 2.21 bits per heavy atom. The van der Waals surface area contributed by atoms with Crippen molar-refractivity contribution in [1.82, 2.24) is 0 Å². The number of aliphatic hydroxyl groups excluding tert-OH is 1. The number of fused-ring (bicyclic) bond motifs is 1. The molecule has 24 heavy (non-hydrogen) atoms. The fraction of sp³-hybridized carbons (Fsp3) is 0.650. The van der Waals surface area contributed by atoms with Crippen LogP contribution in [0.5, 0.6) is 0 Å². The molecule has 1 fully saturated rings. The van der Waals surface area contributed by atoms with Crippen molar-refractivity contribution < 1.29 is 14.3 Å². The summed E-state index contributed by atoms with van der Waals surface area (Å²) in [5, 5.41) is 9.66. The fourth-order valence-corrected chi connectivity index (χ4v) is 7.97. The molecule has 4 heteroatoms. The van der Waals surface area contributed by atoms with Gasteiger partial charge in [0, 0.05) is 11.0 Å². The summed E-state index contributed by atoms with van der Waals surface area (Å²) in [5.41, 5.74) is 2.99. The van der Waals surface area contributed by atoms with Crippen molar-refractivity contribution in [2.24, 2.45) is 5.41 Å². The van der Waals surface area contributed by atoms with Crippen LogP contribution in [0.4, 0.5) is 0 Å². The Balaban J connectivity index is 2.10. The van der Waals surface area contributed by atoms with Crippen molar-refractivity contribution in [3.8, 4) is 0 Å². The van der Waals surface area contributed by atoms with E-state index in [2.05, 4.69) is 27.7 Å². The van der Waals surface area contributed by atoms with E-state index in [4.69, 9.17) is 4.43 Å². The lowest BCUT2D eigenvalue weighted by atomic mass is 9.67. The van der Waals surface area contributed by atoms with Crippen LogP contribution in [-0.2, 0) is 9.22 Å². The highest BCUT2D eigenvalue weighted by atomic mass is 28.4. The van der Waals surface area contributed by atoms with E-state index in [9.17, 15) is 9.90 Å². The molecule has 1 spiro atoms. The lowest BCUT2D eigenvalue weighted by molar-refractivity contribution is -0.135. The van der Waals surface area contributed by atoms with Gasteiger partial charge in [-0.2, -0.15) is 0 Å². The molecule has 1 saturated carbocycles. The molecule has 132 valence electrons. The largest absolute Gasteiger partial charge is 0.403 e. The summed E-state index contributed by atoms with van der Waals surface area (Å²) in [4.78, 5) is 13.5. The van der Waals surface area contributed by atoms with E-state index >= 15 is 0 Å². The van der Waals surface area contributed by atoms with Gasteiger partial charge in [0.2, 0.25) is 0 Å². The third kappa shape index (κ3) is 2.12. The number of ketones is 1. The monoisotopic (exact) mass is 346 g/mol. The first-order valence-corrected chi connectivity index (χ1v) is 11.9. The Morgan fingerprint density at radius 1 is 1.17 bits per heavy atom. The third-order valence-electron chi connectivity index (χ3n) is 7.00. The van der Waals surface area contributed by atoms with E-state index in [1.54, 1.807) is 0 Å². The molecule has 0 unspecified atom stereocenters. The summed E-state index contributed by atoms with van der Waals surface area (Å²) in [6.07, 6.45) is 5.81. The molecule has 0 heterocycles. The number of hydrogen-bond donors (Lipinski definition) is 1. The Hall–Kier alpha value is -0.973. The Bertz CT molecular complexity index is 654. The minimum absolute atomic E-state index is 0.00876. The van der Waals surface area contributed by atoms with Crippen LogP contribution in [0.25, 0.3) is 0 Å². The number of aliphatic hydroxyl groups is 1. The molecule has 0 aromatic rings.